The van der Waals surface area contributed by atoms with Gasteiger partial charge in [0.2, 0.25) is 10.0 Å². The summed E-state index contributed by atoms with van der Waals surface area (Å²) in [5.41, 5.74) is 6.92. The molecule has 0 heterocycles. The van der Waals surface area contributed by atoms with Crippen molar-refractivity contribution in [2.45, 2.75) is 24.8 Å². The summed E-state index contributed by atoms with van der Waals surface area (Å²) in [6.45, 7) is 5.14. The van der Waals surface area contributed by atoms with E-state index in [1.54, 1.807) is 6.07 Å². The van der Waals surface area contributed by atoms with Gasteiger partial charge in [0, 0.05) is 13.2 Å². The average Bonchev–Trinajstić information content (AvgIpc) is 2.37. The first kappa shape index (κ1) is 15.7. The Bertz CT molecular complexity index is 517. The van der Waals surface area contributed by atoms with Crippen LogP contribution in [0.3, 0.4) is 0 Å². The molecule has 0 spiro atoms. The largest absolute Gasteiger partial charge is 0.397 e. The molecule has 4 N–H and O–H groups in total. The van der Waals surface area contributed by atoms with Gasteiger partial charge < -0.3 is 15.8 Å². The third-order valence-electron chi connectivity index (χ3n) is 2.63. The Labute approximate surface area is 114 Å². The first-order chi connectivity index (χ1) is 8.90. The molecule has 0 bridgehead atoms. The molecular weight excluding hydrogens is 266 g/mol. The standard InChI is InChI=1S/C12H21N3O3S/c1-4-18-9(2)8-15-12-6-5-10(7-11(12)13)19(16,17)14-3/h5-7,9,14-15H,4,8,13H2,1-3H3. The van der Waals surface area contributed by atoms with E-state index in [0.29, 0.717) is 24.5 Å². The maximum absolute atomic E-state index is 11.6. The van der Waals surface area contributed by atoms with E-state index in [4.69, 9.17) is 10.5 Å². The van der Waals surface area contributed by atoms with Gasteiger partial charge in [-0.2, -0.15) is 0 Å². The summed E-state index contributed by atoms with van der Waals surface area (Å²) >= 11 is 0. The van der Waals surface area contributed by atoms with Gasteiger partial charge >= 0.3 is 0 Å². The van der Waals surface area contributed by atoms with E-state index in [1.807, 2.05) is 13.8 Å². The van der Waals surface area contributed by atoms with Gasteiger partial charge in [0.05, 0.1) is 22.4 Å². The molecule has 0 aliphatic carbocycles. The Kier molecular flexibility index (Phi) is 5.59. The second-order valence-electron chi connectivity index (χ2n) is 4.10. The summed E-state index contributed by atoms with van der Waals surface area (Å²) < 4.78 is 30.9. The lowest BCUT2D eigenvalue weighted by Gasteiger charge is -2.15. The van der Waals surface area contributed by atoms with Crippen molar-refractivity contribution in [3.63, 3.8) is 0 Å². The number of hydrogen-bond donors (Lipinski definition) is 3. The number of nitrogen functional groups attached to an aromatic ring is 1. The molecule has 0 aromatic heterocycles. The van der Waals surface area contributed by atoms with Gasteiger partial charge in [-0.1, -0.05) is 0 Å². The van der Waals surface area contributed by atoms with E-state index in [0.717, 1.165) is 0 Å². The van der Waals surface area contributed by atoms with Crippen molar-refractivity contribution < 1.29 is 13.2 Å². The van der Waals surface area contributed by atoms with Crippen LogP contribution in [0.4, 0.5) is 11.4 Å². The van der Waals surface area contributed by atoms with Crippen molar-refractivity contribution >= 4 is 21.4 Å². The van der Waals surface area contributed by atoms with E-state index in [2.05, 4.69) is 10.0 Å². The quantitative estimate of drug-likeness (QED) is 0.651. The average molecular weight is 287 g/mol. The second-order valence-corrected chi connectivity index (χ2v) is 5.99. The molecule has 1 aromatic carbocycles. The first-order valence-corrected chi connectivity index (χ1v) is 7.57. The number of nitrogens with one attached hydrogen (secondary N) is 2. The van der Waals surface area contributed by atoms with Gasteiger partial charge in [0.1, 0.15) is 0 Å². The molecule has 1 unspecified atom stereocenters. The summed E-state index contributed by atoms with van der Waals surface area (Å²) in [7, 11) is -2.10. The molecule has 108 valence electrons. The zero-order valence-corrected chi connectivity index (χ0v) is 12.3. The summed E-state index contributed by atoms with van der Waals surface area (Å²) in [6.07, 6.45) is 0.0603. The summed E-state index contributed by atoms with van der Waals surface area (Å²) in [6, 6.07) is 4.59. The number of rotatable bonds is 7. The monoisotopic (exact) mass is 287 g/mol. The Morgan fingerprint density at radius 1 is 1.42 bits per heavy atom. The number of ether oxygens (including phenoxy) is 1. The van der Waals surface area contributed by atoms with Crippen molar-refractivity contribution in [2.75, 3.05) is 31.2 Å². The molecular formula is C12H21N3O3S. The summed E-state index contributed by atoms with van der Waals surface area (Å²) in [5, 5.41) is 3.13. The minimum atomic E-state index is -3.46. The number of benzene rings is 1. The zero-order chi connectivity index (χ0) is 14.5. The molecule has 6 nitrogen and oxygen atoms in total. The molecule has 0 amide bonds. The lowest BCUT2D eigenvalue weighted by atomic mass is 10.2. The second kappa shape index (κ2) is 6.74. The Hall–Kier alpha value is -1.31. The van der Waals surface area contributed by atoms with Gasteiger partial charge in [-0.05, 0) is 39.1 Å². The predicted molar refractivity (Wildman–Crippen MR) is 76.7 cm³/mol. The third kappa shape index (κ3) is 4.38. The lowest BCUT2D eigenvalue weighted by molar-refractivity contribution is 0.0855. The van der Waals surface area contributed by atoms with Crippen LogP contribution in [0, 0.1) is 0 Å². The number of hydrogen-bond acceptors (Lipinski definition) is 5. The molecule has 7 heteroatoms. The Morgan fingerprint density at radius 2 is 2.11 bits per heavy atom. The molecule has 19 heavy (non-hydrogen) atoms. The van der Waals surface area contributed by atoms with Crippen LogP contribution >= 0.6 is 0 Å². The molecule has 1 atom stereocenters. The van der Waals surface area contributed by atoms with Crippen LogP contribution in [0.25, 0.3) is 0 Å². The number of sulfonamides is 1. The maximum atomic E-state index is 11.6. The van der Waals surface area contributed by atoms with Crippen LogP contribution < -0.4 is 15.8 Å². The highest BCUT2D eigenvalue weighted by Gasteiger charge is 2.13. The zero-order valence-electron chi connectivity index (χ0n) is 11.4. The van der Waals surface area contributed by atoms with Crippen molar-refractivity contribution in [2.24, 2.45) is 0 Å². The van der Waals surface area contributed by atoms with Gasteiger partial charge in [-0.25, -0.2) is 13.1 Å². The summed E-state index contributed by atoms with van der Waals surface area (Å²) in [4.78, 5) is 0.149. The van der Waals surface area contributed by atoms with Gasteiger partial charge in [0.15, 0.2) is 0 Å². The van der Waals surface area contributed by atoms with Crippen LogP contribution in [-0.2, 0) is 14.8 Å². The fourth-order valence-corrected chi connectivity index (χ4v) is 2.35. The normalized spacial score (nSPS) is 13.2. The highest BCUT2D eigenvalue weighted by atomic mass is 32.2. The molecule has 0 aliphatic heterocycles. The van der Waals surface area contributed by atoms with Crippen LogP contribution in [-0.4, -0.2) is 34.7 Å². The van der Waals surface area contributed by atoms with Crippen molar-refractivity contribution in [3.05, 3.63) is 18.2 Å². The summed E-state index contributed by atoms with van der Waals surface area (Å²) in [5.74, 6) is 0. The minimum absolute atomic E-state index is 0.0603. The minimum Gasteiger partial charge on any atom is -0.397 e. The first-order valence-electron chi connectivity index (χ1n) is 6.09. The van der Waals surface area contributed by atoms with Gasteiger partial charge in [0.25, 0.3) is 0 Å². The molecule has 0 saturated heterocycles. The van der Waals surface area contributed by atoms with Crippen LogP contribution in [0.5, 0.6) is 0 Å². The molecule has 1 aromatic rings. The number of anilines is 2. The third-order valence-corrected chi connectivity index (χ3v) is 4.05. The van der Waals surface area contributed by atoms with Gasteiger partial charge in [-0.3, -0.25) is 0 Å². The Morgan fingerprint density at radius 3 is 2.63 bits per heavy atom. The van der Waals surface area contributed by atoms with Gasteiger partial charge in [-0.15, -0.1) is 0 Å². The molecule has 1 rings (SSSR count). The maximum Gasteiger partial charge on any atom is 0.240 e. The highest BCUT2D eigenvalue weighted by Crippen LogP contribution is 2.22. The van der Waals surface area contributed by atoms with E-state index < -0.39 is 10.0 Å². The molecule has 0 fully saturated rings. The predicted octanol–water partition coefficient (Wildman–Crippen LogP) is 1.01. The van der Waals surface area contributed by atoms with Crippen LogP contribution in [0.2, 0.25) is 0 Å². The Balaban J connectivity index is 2.78. The van der Waals surface area contributed by atoms with Crippen molar-refractivity contribution in [1.29, 1.82) is 0 Å². The number of nitrogens with two attached hydrogens (primary N) is 1. The van der Waals surface area contributed by atoms with Crippen LogP contribution in [0.1, 0.15) is 13.8 Å². The fourth-order valence-electron chi connectivity index (χ4n) is 1.58. The van der Waals surface area contributed by atoms with Crippen molar-refractivity contribution in [3.8, 4) is 0 Å². The smallest absolute Gasteiger partial charge is 0.240 e. The fraction of sp³-hybridized carbons (Fsp3) is 0.500. The topological polar surface area (TPSA) is 93.4 Å². The lowest BCUT2D eigenvalue weighted by Crippen LogP contribution is -2.21. The van der Waals surface area contributed by atoms with E-state index >= 15 is 0 Å². The van der Waals surface area contributed by atoms with E-state index in [1.165, 1.54) is 19.2 Å². The van der Waals surface area contributed by atoms with E-state index in [9.17, 15) is 8.42 Å². The van der Waals surface area contributed by atoms with Crippen molar-refractivity contribution in [1.82, 2.24) is 4.72 Å². The van der Waals surface area contributed by atoms with E-state index in [-0.39, 0.29) is 11.0 Å². The highest BCUT2D eigenvalue weighted by molar-refractivity contribution is 7.89. The molecule has 0 aliphatic rings. The SMILES string of the molecule is CCOC(C)CNc1ccc(S(=O)(=O)NC)cc1N. The molecule has 0 radical (unpaired) electrons. The molecule has 0 saturated carbocycles. The van der Waals surface area contributed by atoms with Crippen LogP contribution in [0.15, 0.2) is 23.1 Å².